The quantitative estimate of drug-likeness (QED) is 0.110. The zero-order valence-electron chi connectivity index (χ0n) is 25.6. The summed E-state index contributed by atoms with van der Waals surface area (Å²) in [4.78, 5) is 24.5. The van der Waals surface area contributed by atoms with Gasteiger partial charge in [0.25, 0.3) is 0 Å². The van der Waals surface area contributed by atoms with E-state index in [1.165, 1.54) is 6.92 Å². The highest BCUT2D eigenvalue weighted by Crippen LogP contribution is 2.31. The van der Waals surface area contributed by atoms with Crippen molar-refractivity contribution in [2.45, 2.75) is 138 Å². The summed E-state index contributed by atoms with van der Waals surface area (Å²) in [7, 11) is 0. The van der Waals surface area contributed by atoms with Gasteiger partial charge in [-0.15, -0.1) is 0 Å². The summed E-state index contributed by atoms with van der Waals surface area (Å²) in [6.07, 6.45) is -19.0. The van der Waals surface area contributed by atoms with Gasteiger partial charge in [-0.3, -0.25) is 4.79 Å². The fraction of sp³-hybridized carbons (Fsp3) is 0.923. The van der Waals surface area contributed by atoms with E-state index in [0.29, 0.717) is 0 Å². The number of hydrogen-bond acceptors (Lipinski definition) is 17. The minimum Gasteiger partial charge on any atom is -0.444 e. The van der Waals surface area contributed by atoms with Gasteiger partial charge in [-0.2, -0.15) is 0 Å². The highest BCUT2D eigenvalue weighted by molar-refractivity contribution is 5.85. The van der Waals surface area contributed by atoms with Gasteiger partial charge in [0.05, 0.1) is 12.6 Å². The number of nitrogens with one attached hydrogen (secondary N) is 2. The third-order valence-electron chi connectivity index (χ3n) is 7.85. The SMILES string of the molecule is C[C@@H](NC(=O)OC(C)(C)C)C(=O)NC[C@H]1O[C@H](O[C@H]2[C@H](O)[C@@H](O[C@H]3O[C@H](CO)[C@@H](O)[C@H](N)[C@H]3O)[C@H](N)C[C@@H]2N)[C@H](O)[C@@H](O)[C@@H]1O. The molecule has 0 aromatic carbocycles. The minimum atomic E-state index is -1.82. The van der Waals surface area contributed by atoms with E-state index in [4.69, 9.17) is 40.9 Å². The predicted octanol–water partition coefficient (Wildman–Crippen LogP) is -6.22. The lowest BCUT2D eigenvalue weighted by Crippen LogP contribution is -2.68. The molecule has 19 nitrogen and oxygen atoms in total. The summed E-state index contributed by atoms with van der Waals surface area (Å²) >= 11 is 0. The van der Waals surface area contributed by atoms with E-state index in [-0.39, 0.29) is 13.0 Å². The van der Waals surface area contributed by atoms with Gasteiger partial charge in [0.2, 0.25) is 5.91 Å². The molecule has 262 valence electrons. The molecule has 0 bridgehead atoms. The number of rotatable bonds is 9. The Bertz CT molecular complexity index is 990. The molecule has 3 aliphatic rings. The molecular formula is C26H49N5O14. The Morgan fingerprint density at radius 2 is 1.36 bits per heavy atom. The third kappa shape index (κ3) is 9.17. The van der Waals surface area contributed by atoms with Crippen LogP contribution in [-0.4, -0.2) is 164 Å². The molecule has 1 aliphatic carbocycles. The number of aliphatic hydroxyl groups is 7. The van der Waals surface area contributed by atoms with Crippen LogP contribution in [0.2, 0.25) is 0 Å². The van der Waals surface area contributed by atoms with E-state index in [1.54, 1.807) is 20.8 Å². The van der Waals surface area contributed by atoms with Crippen LogP contribution in [0.4, 0.5) is 4.79 Å². The number of carbonyl (C=O) groups is 2. The highest BCUT2D eigenvalue weighted by atomic mass is 16.7. The van der Waals surface area contributed by atoms with E-state index in [9.17, 15) is 45.3 Å². The van der Waals surface area contributed by atoms with Gasteiger partial charge in [0.15, 0.2) is 12.6 Å². The molecule has 0 radical (unpaired) electrons. The molecule has 19 heteroatoms. The van der Waals surface area contributed by atoms with Crippen LogP contribution in [0.5, 0.6) is 0 Å². The molecule has 2 saturated heterocycles. The predicted molar refractivity (Wildman–Crippen MR) is 151 cm³/mol. The van der Waals surface area contributed by atoms with Gasteiger partial charge in [-0.05, 0) is 34.1 Å². The van der Waals surface area contributed by atoms with Crippen molar-refractivity contribution in [2.75, 3.05) is 13.2 Å². The topological polar surface area (TPSA) is 324 Å². The summed E-state index contributed by atoms with van der Waals surface area (Å²) in [5.41, 5.74) is 17.4. The number of alkyl carbamates (subject to hydrolysis) is 1. The Morgan fingerprint density at radius 3 is 1.89 bits per heavy atom. The molecule has 0 aromatic rings. The Morgan fingerprint density at radius 1 is 0.822 bits per heavy atom. The zero-order valence-corrected chi connectivity index (χ0v) is 25.6. The summed E-state index contributed by atoms with van der Waals surface area (Å²) in [6, 6.07) is -4.15. The molecule has 2 amide bonds. The molecule has 16 atom stereocenters. The second kappa shape index (κ2) is 15.4. The first-order chi connectivity index (χ1) is 20.9. The average Bonchev–Trinajstić information content (AvgIpc) is 2.95. The zero-order chi connectivity index (χ0) is 34.0. The highest BCUT2D eigenvalue weighted by Gasteiger charge is 2.51. The largest absolute Gasteiger partial charge is 0.444 e. The second-order valence-corrected chi connectivity index (χ2v) is 12.7. The Kier molecular flexibility index (Phi) is 12.9. The normalized spacial score (nSPS) is 43.3. The van der Waals surface area contributed by atoms with Crippen molar-refractivity contribution in [3.63, 3.8) is 0 Å². The van der Waals surface area contributed by atoms with Gasteiger partial charge in [-0.25, -0.2) is 4.79 Å². The Balaban J connectivity index is 1.65. The van der Waals surface area contributed by atoms with Gasteiger partial charge in [-0.1, -0.05) is 0 Å². The van der Waals surface area contributed by atoms with E-state index >= 15 is 0 Å². The molecule has 45 heavy (non-hydrogen) atoms. The molecule has 1 saturated carbocycles. The molecular weight excluding hydrogens is 606 g/mol. The van der Waals surface area contributed by atoms with Gasteiger partial charge in [0.1, 0.15) is 72.7 Å². The monoisotopic (exact) mass is 655 g/mol. The molecule has 3 rings (SSSR count). The third-order valence-corrected chi connectivity index (χ3v) is 7.85. The van der Waals surface area contributed by atoms with E-state index < -0.39 is 122 Å². The summed E-state index contributed by atoms with van der Waals surface area (Å²) in [6.45, 7) is 5.35. The van der Waals surface area contributed by atoms with Crippen molar-refractivity contribution < 1.29 is 69.0 Å². The number of amides is 2. The van der Waals surface area contributed by atoms with Crippen LogP contribution < -0.4 is 27.8 Å². The minimum absolute atomic E-state index is 0.00331. The van der Waals surface area contributed by atoms with Gasteiger partial charge >= 0.3 is 6.09 Å². The molecule has 2 aliphatic heterocycles. The number of hydrogen-bond donors (Lipinski definition) is 12. The second-order valence-electron chi connectivity index (χ2n) is 12.7. The number of aliphatic hydroxyl groups excluding tert-OH is 7. The van der Waals surface area contributed by atoms with Crippen LogP contribution in [0.25, 0.3) is 0 Å². The van der Waals surface area contributed by atoms with Crippen molar-refractivity contribution in [3.05, 3.63) is 0 Å². The van der Waals surface area contributed by atoms with Gasteiger partial charge < -0.3 is 87.3 Å². The van der Waals surface area contributed by atoms with E-state index in [2.05, 4.69) is 10.6 Å². The van der Waals surface area contributed by atoms with Crippen molar-refractivity contribution in [3.8, 4) is 0 Å². The van der Waals surface area contributed by atoms with Crippen molar-refractivity contribution >= 4 is 12.0 Å². The molecule has 0 aromatic heterocycles. The average molecular weight is 656 g/mol. The van der Waals surface area contributed by atoms with Crippen LogP contribution >= 0.6 is 0 Å². The first-order valence-electron chi connectivity index (χ1n) is 14.7. The van der Waals surface area contributed by atoms with Crippen LogP contribution in [0.1, 0.15) is 34.1 Å². The lowest BCUT2D eigenvalue weighted by atomic mass is 9.84. The van der Waals surface area contributed by atoms with E-state index in [0.717, 1.165) is 0 Å². The first kappa shape index (κ1) is 37.6. The Labute approximate surface area is 259 Å². The van der Waals surface area contributed by atoms with Gasteiger partial charge in [0, 0.05) is 18.6 Å². The summed E-state index contributed by atoms with van der Waals surface area (Å²) in [5.74, 6) is -0.670. The summed E-state index contributed by atoms with van der Waals surface area (Å²) < 4.78 is 27.7. The van der Waals surface area contributed by atoms with Crippen molar-refractivity contribution in [1.82, 2.24) is 10.6 Å². The first-order valence-corrected chi connectivity index (χ1v) is 14.7. The molecule has 0 unspecified atom stereocenters. The van der Waals surface area contributed by atoms with Crippen LogP contribution in [0.3, 0.4) is 0 Å². The smallest absolute Gasteiger partial charge is 0.408 e. The molecule has 2 heterocycles. The van der Waals surface area contributed by atoms with Crippen molar-refractivity contribution in [2.24, 2.45) is 17.2 Å². The lowest BCUT2D eigenvalue weighted by molar-refractivity contribution is -0.332. The maximum atomic E-state index is 12.6. The number of carbonyl (C=O) groups excluding carboxylic acids is 2. The van der Waals surface area contributed by atoms with Crippen LogP contribution in [0, 0.1) is 0 Å². The number of ether oxygens (including phenoxy) is 5. The standard InChI is InChI=1S/C26H49N5O14/c1-8(31-25(40)45-26(2,3)4)22(39)30-6-11-15(34)17(36)18(37)24(41-11)44-21-10(28)5-9(27)20(19(21)38)43-23-16(35)13(29)14(33)12(7-32)42-23/h8-21,23-24,32-38H,5-7,27-29H2,1-4H3,(H,30,39)(H,31,40)/t8-,9-,10+,11-,12-,13+,14-,15-,16-,17+,18-,19-,20+,21-,23-,24-/m1/s1. The van der Waals surface area contributed by atoms with E-state index in [1.807, 2.05) is 0 Å². The fourth-order valence-electron chi connectivity index (χ4n) is 5.28. The maximum Gasteiger partial charge on any atom is 0.408 e. The fourth-order valence-corrected chi connectivity index (χ4v) is 5.28. The molecule has 15 N–H and O–H groups in total. The molecule has 3 fully saturated rings. The number of nitrogens with two attached hydrogens (primary N) is 3. The Hall–Kier alpha value is -1.82. The lowest BCUT2D eigenvalue weighted by Gasteiger charge is -2.48. The van der Waals surface area contributed by atoms with Crippen LogP contribution in [0.15, 0.2) is 0 Å². The molecule has 0 spiro atoms. The maximum absolute atomic E-state index is 12.6. The summed E-state index contributed by atoms with van der Waals surface area (Å²) in [5, 5.41) is 77.7. The van der Waals surface area contributed by atoms with Crippen LogP contribution in [-0.2, 0) is 28.5 Å². The van der Waals surface area contributed by atoms with Crippen molar-refractivity contribution in [1.29, 1.82) is 0 Å².